The quantitative estimate of drug-likeness (QED) is 0.866. The lowest BCUT2D eigenvalue weighted by Crippen LogP contribution is -2.52. The second kappa shape index (κ2) is 9.17. The molecule has 6 nitrogen and oxygen atoms in total. The molecule has 1 saturated heterocycles. The van der Waals surface area contributed by atoms with Crippen LogP contribution in [0.25, 0.3) is 11.1 Å². The topological polar surface area (TPSA) is 69.7 Å². The fourth-order valence-electron chi connectivity index (χ4n) is 3.24. The van der Waals surface area contributed by atoms with Gasteiger partial charge in [0, 0.05) is 38.2 Å². The summed E-state index contributed by atoms with van der Waals surface area (Å²) in [6.45, 7) is 3.90. The maximum absolute atomic E-state index is 12.3. The van der Waals surface area contributed by atoms with Crippen molar-refractivity contribution in [3.05, 3.63) is 60.2 Å². The third-order valence-electron chi connectivity index (χ3n) is 4.94. The molecule has 0 aromatic heterocycles. The van der Waals surface area contributed by atoms with Crippen molar-refractivity contribution in [3.63, 3.8) is 0 Å². The van der Waals surface area contributed by atoms with Crippen molar-refractivity contribution in [2.24, 2.45) is 0 Å². The Morgan fingerprint density at radius 2 is 1.32 bits per heavy atom. The molecule has 1 aliphatic rings. The van der Waals surface area contributed by atoms with Gasteiger partial charge in [-0.05, 0) is 23.3 Å². The summed E-state index contributed by atoms with van der Waals surface area (Å²) >= 11 is 0. The van der Waals surface area contributed by atoms with Gasteiger partial charge in [0.05, 0.1) is 6.54 Å². The van der Waals surface area contributed by atoms with Gasteiger partial charge in [-0.25, -0.2) is 0 Å². The predicted octanol–water partition coefficient (Wildman–Crippen LogP) is 2.16. The molecule has 0 aliphatic carbocycles. The number of hydrogen-bond acceptors (Lipinski definition) is 3. The Morgan fingerprint density at radius 1 is 0.786 bits per heavy atom. The number of hydrogen-bond donors (Lipinski definition) is 1. The van der Waals surface area contributed by atoms with Crippen LogP contribution in [0.5, 0.6) is 0 Å². The highest BCUT2D eigenvalue weighted by Gasteiger charge is 2.23. The van der Waals surface area contributed by atoms with Crippen LogP contribution in [0.1, 0.15) is 23.7 Å². The van der Waals surface area contributed by atoms with Crippen molar-refractivity contribution in [3.8, 4) is 11.1 Å². The fourth-order valence-corrected chi connectivity index (χ4v) is 3.24. The van der Waals surface area contributed by atoms with Gasteiger partial charge in [-0.1, -0.05) is 49.4 Å². The zero-order chi connectivity index (χ0) is 19.9. The Kier molecular flexibility index (Phi) is 6.42. The molecule has 1 fully saturated rings. The van der Waals surface area contributed by atoms with E-state index in [0.717, 1.165) is 11.1 Å². The molecule has 28 heavy (non-hydrogen) atoms. The Hall–Kier alpha value is -3.15. The van der Waals surface area contributed by atoms with Crippen molar-refractivity contribution in [2.45, 2.75) is 13.3 Å². The minimum atomic E-state index is -0.271. The summed E-state index contributed by atoms with van der Waals surface area (Å²) in [6, 6.07) is 17.3. The summed E-state index contributed by atoms with van der Waals surface area (Å²) < 4.78 is 0. The molecule has 0 saturated carbocycles. The molecule has 0 unspecified atom stereocenters. The van der Waals surface area contributed by atoms with Crippen LogP contribution >= 0.6 is 0 Å². The lowest BCUT2D eigenvalue weighted by molar-refractivity contribution is -0.138. The van der Waals surface area contributed by atoms with Crippen LogP contribution < -0.4 is 5.32 Å². The second-order valence-corrected chi connectivity index (χ2v) is 6.74. The lowest BCUT2D eigenvalue weighted by Gasteiger charge is -2.34. The van der Waals surface area contributed by atoms with Crippen molar-refractivity contribution >= 4 is 17.7 Å². The third kappa shape index (κ3) is 4.76. The third-order valence-corrected chi connectivity index (χ3v) is 4.94. The largest absolute Gasteiger partial charge is 0.343 e. The monoisotopic (exact) mass is 379 g/mol. The Labute approximate surface area is 165 Å². The standard InChI is InChI=1S/C22H25N3O3/c1-2-20(26)24-12-14-25(15-13-24)21(27)16-23-22(28)19-10-8-18(9-11-19)17-6-4-3-5-7-17/h3-11H,2,12-16H2,1H3,(H,23,28). The number of rotatable bonds is 5. The summed E-state index contributed by atoms with van der Waals surface area (Å²) in [4.78, 5) is 39.8. The molecule has 3 rings (SSSR count). The van der Waals surface area contributed by atoms with E-state index in [2.05, 4.69) is 5.32 Å². The van der Waals surface area contributed by atoms with Crippen molar-refractivity contribution in [1.82, 2.24) is 15.1 Å². The summed E-state index contributed by atoms with van der Waals surface area (Å²) in [5, 5.41) is 2.69. The lowest BCUT2D eigenvalue weighted by atomic mass is 10.0. The number of amides is 3. The highest BCUT2D eigenvalue weighted by Crippen LogP contribution is 2.19. The van der Waals surface area contributed by atoms with Crippen molar-refractivity contribution in [2.75, 3.05) is 32.7 Å². The number of piperazine rings is 1. The average Bonchev–Trinajstić information content (AvgIpc) is 2.77. The molecule has 3 amide bonds. The van der Waals surface area contributed by atoms with E-state index in [0.29, 0.717) is 38.2 Å². The van der Waals surface area contributed by atoms with Crippen LogP contribution in [0.3, 0.4) is 0 Å². The first-order chi connectivity index (χ1) is 13.6. The van der Waals surface area contributed by atoms with Crippen LogP contribution in [0.4, 0.5) is 0 Å². The van der Waals surface area contributed by atoms with Crippen LogP contribution in [-0.4, -0.2) is 60.2 Å². The molecule has 0 atom stereocenters. The number of carbonyl (C=O) groups excluding carboxylic acids is 3. The Balaban J connectivity index is 1.49. The van der Waals surface area contributed by atoms with E-state index < -0.39 is 0 Å². The number of nitrogens with one attached hydrogen (secondary N) is 1. The first kappa shape index (κ1) is 19.6. The minimum Gasteiger partial charge on any atom is -0.343 e. The molecule has 6 heteroatoms. The first-order valence-corrected chi connectivity index (χ1v) is 9.57. The molecular formula is C22H25N3O3. The van der Waals surface area contributed by atoms with E-state index in [1.54, 1.807) is 21.9 Å². The zero-order valence-electron chi connectivity index (χ0n) is 16.1. The fraction of sp³-hybridized carbons (Fsp3) is 0.318. The molecule has 2 aromatic carbocycles. The van der Waals surface area contributed by atoms with E-state index in [1.165, 1.54) is 0 Å². The van der Waals surface area contributed by atoms with Gasteiger partial charge in [0.1, 0.15) is 0 Å². The molecule has 1 heterocycles. The van der Waals surface area contributed by atoms with Crippen molar-refractivity contribution < 1.29 is 14.4 Å². The van der Waals surface area contributed by atoms with E-state index in [-0.39, 0.29) is 24.3 Å². The summed E-state index contributed by atoms with van der Waals surface area (Å²) in [5.41, 5.74) is 2.64. The van der Waals surface area contributed by atoms with Gasteiger partial charge in [0.15, 0.2) is 0 Å². The molecule has 0 bridgehead atoms. The van der Waals surface area contributed by atoms with Gasteiger partial charge >= 0.3 is 0 Å². The van der Waals surface area contributed by atoms with Gasteiger partial charge in [-0.15, -0.1) is 0 Å². The minimum absolute atomic E-state index is 0.0407. The van der Waals surface area contributed by atoms with Crippen LogP contribution in [0.15, 0.2) is 54.6 Å². The van der Waals surface area contributed by atoms with Crippen LogP contribution in [0.2, 0.25) is 0 Å². The summed E-state index contributed by atoms with van der Waals surface area (Å²) in [5.74, 6) is -0.287. The van der Waals surface area contributed by atoms with Crippen LogP contribution in [-0.2, 0) is 9.59 Å². The normalized spacial score (nSPS) is 13.9. The van der Waals surface area contributed by atoms with E-state index in [4.69, 9.17) is 0 Å². The van der Waals surface area contributed by atoms with Crippen LogP contribution in [0, 0.1) is 0 Å². The first-order valence-electron chi connectivity index (χ1n) is 9.57. The molecule has 146 valence electrons. The molecule has 2 aromatic rings. The van der Waals surface area contributed by atoms with Gasteiger partial charge in [-0.3, -0.25) is 14.4 Å². The number of nitrogens with zero attached hydrogens (tertiary/aromatic N) is 2. The maximum atomic E-state index is 12.3. The zero-order valence-corrected chi connectivity index (χ0v) is 16.1. The van der Waals surface area contributed by atoms with Crippen molar-refractivity contribution in [1.29, 1.82) is 0 Å². The Morgan fingerprint density at radius 3 is 1.89 bits per heavy atom. The molecule has 1 N–H and O–H groups in total. The number of carbonyl (C=O) groups is 3. The Bertz CT molecular complexity index is 826. The molecule has 0 spiro atoms. The molecule has 1 aliphatic heterocycles. The van der Waals surface area contributed by atoms with Gasteiger partial charge < -0.3 is 15.1 Å². The van der Waals surface area contributed by atoms with E-state index in [9.17, 15) is 14.4 Å². The SMILES string of the molecule is CCC(=O)N1CCN(C(=O)CNC(=O)c2ccc(-c3ccccc3)cc2)CC1. The van der Waals surface area contributed by atoms with Gasteiger partial charge in [0.25, 0.3) is 5.91 Å². The average molecular weight is 379 g/mol. The smallest absolute Gasteiger partial charge is 0.251 e. The highest BCUT2D eigenvalue weighted by atomic mass is 16.2. The van der Waals surface area contributed by atoms with E-state index >= 15 is 0 Å². The number of benzene rings is 2. The van der Waals surface area contributed by atoms with Gasteiger partial charge in [0.2, 0.25) is 11.8 Å². The predicted molar refractivity (Wildman–Crippen MR) is 108 cm³/mol. The maximum Gasteiger partial charge on any atom is 0.251 e. The molecule has 0 radical (unpaired) electrons. The van der Waals surface area contributed by atoms with E-state index in [1.807, 2.05) is 49.4 Å². The second-order valence-electron chi connectivity index (χ2n) is 6.74. The summed E-state index contributed by atoms with van der Waals surface area (Å²) in [6.07, 6.45) is 0.479. The highest BCUT2D eigenvalue weighted by molar-refractivity contribution is 5.96. The van der Waals surface area contributed by atoms with Gasteiger partial charge in [-0.2, -0.15) is 0 Å². The summed E-state index contributed by atoms with van der Waals surface area (Å²) in [7, 11) is 0. The molecular weight excluding hydrogens is 354 g/mol.